The molecule has 0 aliphatic rings. The van der Waals surface area contributed by atoms with Gasteiger partial charge in [-0.2, -0.15) is 5.10 Å². The lowest BCUT2D eigenvalue weighted by Gasteiger charge is -2.21. The molecule has 0 bridgehead atoms. The third-order valence-electron chi connectivity index (χ3n) is 2.19. The first-order valence-electron chi connectivity index (χ1n) is 4.57. The van der Waals surface area contributed by atoms with Gasteiger partial charge in [-0.25, -0.2) is 5.84 Å². The first-order valence-corrected chi connectivity index (χ1v) is 4.95. The van der Waals surface area contributed by atoms with Crippen LogP contribution in [0, 0.1) is 12.3 Å². The summed E-state index contributed by atoms with van der Waals surface area (Å²) in [6, 6.07) is 0. The lowest BCUT2D eigenvalue weighted by molar-refractivity contribution is -0.130. The topological polar surface area (TPSA) is 72.9 Å². The highest BCUT2D eigenvalue weighted by atomic mass is 35.5. The van der Waals surface area contributed by atoms with Gasteiger partial charge in [0.15, 0.2) is 0 Å². The molecule has 0 fully saturated rings. The third kappa shape index (κ3) is 2.70. The fourth-order valence-corrected chi connectivity index (χ4v) is 1.40. The molecule has 5 nitrogen and oxygen atoms in total. The quantitative estimate of drug-likeness (QED) is 0.460. The van der Waals surface area contributed by atoms with Crippen molar-refractivity contribution in [3.05, 3.63) is 16.9 Å². The summed E-state index contributed by atoms with van der Waals surface area (Å²) in [5.74, 6) is 4.86. The van der Waals surface area contributed by atoms with Gasteiger partial charge in [0.25, 0.3) is 0 Å². The molecule has 0 aliphatic carbocycles. The van der Waals surface area contributed by atoms with Crippen molar-refractivity contribution in [2.75, 3.05) is 0 Å². The lowest BCUT2D eigenvalue weighted by atomic mass is 9.93. The van der Waals surface area contributed by atoms with Crippen LogP contribution in [-0.4, -0.2) is 15.7 Å². The zero-order valence-electron chi connectivity index (χ0n) is 9.04. The number of carbonyl (C=O) groups excluding carboxylic acids is 1. The molecule has 0 aliphatic heterocycles. The minimum absolute atomic E-state index is 0.230. The average molecular weight is 231 g/mol. The Bertz CT molecular complexity index is 353. The van der Waals surface area contributed by atoms with Gasteiger partial charge in [-0.1, -0.05) is 11.6 Å². The Morgan fingerprint density at radius 1 is 1.73 bits per heavy atom. The van der Waals surface area contributed by atoms with E-state index in [0.717, 1.165) is 5.69 Å². The predicted molar refractivity (Wildman–Crippen MR) is 58.1 cm³/mol. The predicted octanol–water partition coefficient (Wildman–Crippen LogP) is 0.861. The van der Waals surface area contributed by atoms with Gasteiger partial charge in [-0.3, -0.25) is 14.9 Å². The number of hydrazine groups is 1. The van der Waals surface area contributed by atoms with Gasteiger partial charge < -0.3 is 0 Å². The van der Waals surface area contributed by atoms with E-state index in [1.165, 1.54) is 0 Å². The number of carbonyl (C=O) groups is 1. The van der Waals surface area contributed by atoms with E-state index in [2.05, 4.69) is 10.5 Å². The Labute approximate surface area is 93.6 Å². The van der Waals surface area contributed by atoms with Crippen LogP contribution in [-0.2, 0) is 11.3 Å². The molecule has 0 saturated carbocycles. The summed E-state index contributed by atoms with van der Waals surface area (Å²) in [7, 11) is 0. The number of aromatic nitrogens is 2. The number of aryl methyl sites for hydroxylation is 1. The van der Waals surface area contributed by atoms with Crippen LogP contribution >= 0.6 is 11.6 Å². The van der Waals surface area contributed by atoms with E-state index in [0.29, 0.717) is 11.6 Å². The molecule has 3 N–H and O–H groups in total. The summed E-state index contributed by atoms with van der Waals surface area (Å²) in [5, 5.41) is 4.77. The monoisotopic (exact) mass is 230 g/mol. The fraction of sp³-hybridized carbons (Fsp3) is 0.556. The number of rotatable bonds is 3. The van der Waals surface area contributed by atoms with Crippen molar-refractivity contribution in [3.63, 3.8) is 0 Å². The highest BCUT2D eigenvalue weighted by molar-refractivity contribution is 6.31. The fourth-order valence-electron chi connectivity index (χ4n) is 1.25. The van der Waals surface area contributed by atoms with Crippen molar-refractivity contribution in [1.82, 2.24) is 15.2 Å². The summed E-state index contributed by atoms with van der Waals surface area (Å²) in [4.78, 5) is 11.4. The molecule has 0 aromatic carbocycles. The van der Waals surface area contributed by atoms with Crippen LogP contribution in [0.3, 0.4) is 0 Å². The van der Waals surface area contributed by atoms with Gasteiger partial charge in [-0.05, 0) is 20.8 Å². The molecule has 6 heteroatoms. The number of halogens is 1. The minimum Gasteiger partial charge on any atom is -0.294 e. The second-order valence-corrected chi connectivity index (χ2v) is 4.52. The van der Waals surface area contributed by atoms with Crippen molar-refractivity contribution in [3.8, 4) is 0 Å². The Hall–Kier alpha value is -1.07. The number of hydrogen-bond donors (Lipinski definition) is 2. The SMILES string of the molecule is Cc1nn(CC(C)(C)C(=O)NN)cc1Cl. The molecule has 1 rings (SSSR count). The Balaban J connectivity index is 2.81. The third-order valence-corrected chi connectivity index (χ3v) is 2.56. The first-order chi connectivity index (χ1) is 6.86. The van der Waals surface area contributed by atoms with Gasteiger partial charge in [0.1, 0.15) is 0 Å². The van der Waals surface area contributed by atoms with E-state index in [9.17, 15) is 4.79 Å². The van der Waals surface area contributed by atoms with Gasteiger partial charge >= 0.3 is 0 Å². The van der Waals surface area contributed by atoms with E-state index in [-0.39, 0.29) is 5.91 Å². The summed E-state index contributed by atoms with van der Waals surface area (Å²) in [5.41, 5.74) is 2.27. The summed E-state index contributed by atoms with van der Waals surface area (Å²) < 4.78 is 1.65. The van der Waals surface area contributed by atoms with E-state index in [1.54, 1.807) is 24.7 Å². The van der Waals surface area contributed by atoms with Gasteiger partial charge in [0, 0.05) is 6.20 Å². The Morgan fingerprint density at radius 2 is 2.33 bits per heavy atom. The van der Waals surface area contributed by atoms with Crippen LogP contribution < -0.4 is 11.3 Å². The van der Waals surface area contributed by atoms with Gasteiger partial charge in [0.05, 0.1) is 22.7 Å². The number of nitrogens with two attached hydrogens (primary N) is 1. The van der Waals surface area contributed by atoms with Crippen molar-refractivity contribution in [2.45, 2.75) is 27.3 Å². The maximum absolute atomic E-state index is 11.4. The van der Waals surface area contributed by atoms with Crippen molar-refractivity contribution in [2.24, 2.45) is 11.3 Å². The number of amides is 1. The average Bonchev–Trinajstić information content (AvgIpc) is 2.43. The van der Waals surface area contributed by atoms with E-state index >= 15 is 0 Å². The number of hydrogen-bond acceptors (Lipinski definition) is 3. The van der Waals surface area contributed by atoms with Crippen LogP contribution in [0.25, 0.3) is 0 Å². The highest BCUT2D eigenvalue weighted by Crippen LogP contribution is 2.20. The number of nitrogens with zero attached hydrogens (tertiary/aromatic N) is 2. The van der Waals surface area contributed by atoms with Gasteiger partial charge in [-0.15, -0.1) is 0 Å². The molecular formula is C9H15ClN4O. The van der Waals surface area contributed by atoms with E-state index < -0.39 is 5.41 Å². The summed E-state index contributed by atoms with van der Waals surface area (Å²) in [6.07, 6.45) is 1.70. The molecule has 1 aromatic rings. The maximum Gasteiger partial charge on any atom is 0.241 e. The summed E-state index contributed by atoms with van der Waals surface area (Å²) >= 11 is 5.86. The molecule has 0 unspecified atom stereocenters. The maximum atomic E-state index is 11.4. The van der Waals surface area contributed by atoms with Gasteiger partial charge in [0.2, 0.25) is 5.91 Å². The summed E-state index contributed by atoms with van der Waals surface area (Å²) in [6.45, 7) is 5.83. The van der Waals surface area contributed by atoms with Crippen LogP contribution in [0.15, 0.2) is 6.20 Å². The first kappa shape index (κ1) is 12.0. The van der Waals surface area contributed by atoms with E-state index in [1.807, 2.05) is 6.92 Å². The number of nitrogens with one attached hydrogen (secondary N) is 1. The highest BCUT2D eigenvalue weighted by Gasteiger charge is 2.28. The lowest BCUT2D eigenvalue weighted by Crippen LogP contribution is -2.43. The molecule has 84 valence electrons. The van der Waals surface area contributed by atoms with Crippen LogP contribution in [0.4, 0.5) is 0 Å². The zero-order chi connectivity index (χ0) is 11.6. The molecule has 0 saturated heterocycles. The molecule has 1 amide bonds. The zero-order valence-corrected chi connectivity index (χ0v) is 9.80. The molecular weight excluding hydrogens is 216 g/mol. The van der Waals surface area contributed by atoms with Crippen molar-refractivity contribution >= 4 is 17.5 Å². The normalized spacial score (nSPS) is 11.5. The Kier molecular flexibility index (Phi) is 3.36. The molecule has 15 heavy (non-hydrogen) atoms. The smallest absolute Gasteiger partial charge is 0.241 e. The largest absolute Gasteiger partial charge is 0.294 e. The molecule has 0 atom stereocenters. The molecule has 0 radical (unpaired) electrons. The second-order valence-electron chi connectivity index (χ2n) is 4.12. The van der Waals surface area contributed by atoms with E-state index in [4.69, 9.17) is 17.4 Å². The minimum atomic E-state index is -0.615. The molecule has 1 heterocycles. The van der Waals surface area contributed by atoms with Crippen LogP contribution in [0.2, 0.25) is 5.02 Å². The molecule has 1 aromatic heterocycles. The van der Waals surface area contributed by atoms with Crippen LogP contribution in [0.1, 0.15) is 19.5 Å². The second kappa shape index (κ2) is 4.20. The molecule has 0 spiro atoms. The Morgan fingerprint density at radius 3 is 2.73 bits per heavy atom. The van der Waals surface area contributed by atoms with Crippen molar-refractivity contribution in [1.29, 1.82) is 0 Å². The standard InChI is InChI=1S/C9H15ClN4O/c1-6-7(10)4-14(13-6)5-9(2,3)8(15)12-11/h4H,5,11H2,1-3H3,(H,12,15). The van der Waals surface area contributed by atoms with Crippen molar-refractivity contribution < 1.29 is 4.79 Å². The van der Waals surface area contributed by atoms with Crippen LogP contribution in [0.5, 0.6) is 0 Å².